The molecule has 1 aromatic heterocycles. The maximum atomic E-state index is 13.0. The number of sulfonamides is 1. The molecule has 1 atom stereocenters. The molecular weight excluding hydrogens is 336 g/mol. The van der Waals surface area contributed by atoms with Gasteiger partial charge in [-0.2, -0.15) is 4.31 Å². The zero-order valence-electron chi connectivity index (χ0n) is 13.2. The predicted octanol–water partition coefficient (Wildman–Crippen LogP) is 1.57. The van der Waals surface area contributed by atoms with E-state index in [0.717, 1.165) is 30.7 Å². The van der Waals surface area contributed by atoms with Crippen LogP contribution in [-0.2, 0) is 26.1 Å². The summed E-state index contributed by atoms with van der Waals surface area (Å²) in [4.78, 5) is 11.8. The summed E-state index contributed by atoms with van der Waals surface area (Å²) in [6, 6.07) is 3.57. The third-order valence-corrected chi connectivity index (χ3v) is 7.60. The number of nitrogens with one attached hydrogen (secondary N) is 1. The molecule has 1 N–H and O–H groups in total. The number of nitrogens with zero attached hydrogens (tertiary/aromatic N) is 1. The van der Waals surface area contributed by atoms with Crippen molar-refractivity contribution in [3.05, 3.63) is 17.0 Å². The summed E-state index contributed by atoms with van der Waals surface area (Å²) in [5.74, 6) is 0.174. The predicted molar refractivity (Wildman–Crippen MR) is 87.7 cm³/mol. The number of carbonyl (C=O) groups excluding carboxylic acids is 1. The zero-order chi connectivity index (χ0) is 16.4. The Morgan fingerprint density at radius 3 is 2.78 bits per heavy atom. The fourth-order valence-electron chi connectivity index (χ4n) is 2.71. The van der Waals surface area contributed by atoms with Crippen LogP contribution in [-0.4, -0.2) is 44.4 Å². The molecule has 1 saturated carbocycles. The van der Waals surface area contributed by atoms with Gasteiger partial charge in [-0.25, -0.2) is 8.42 Å². The Kier molecular flexibility index (Phi) is 5.05. The number of hydrogen-bond donors (Lipinski definition) is 1. The molecule has 2 heterocycles. The first-order valence-electron chi connectivity index (χ1n) is 7.89. The van der Waals surface area contributed by atoms with Crippen LogP contribution in [0.1, 0.15) is 31.1 Å². The second kappa shape index (κ2) is 6.88. The Hall–Kier alpha value is -0.960. The molecule has 1 saturated heterocycles. The zero-order valence-corrected chi connectivity index (χ0v) is 14.8. The van der Waals surface area contributed by atoms with Gasteiger partial charge in [-0.15, -0.1) is 11.3 Å². The maximum Gasteiger partial charge on any atom is 0.252 e. The van der Waals surface area contributed by atoms with Crippen LogP contribution in [0.25, 0.3) is 0 Å². The highest BCUT2D eigenvalue weighted by molar-refractivity contribution is 7.91. The summed E-state index contributed by atoms with van der Waals surface area (Å²) in [5, 5.41) is 2.70. The van der Waals surface area contributed by atoms with Gasteiger partial charge in [0.25, 0.3) is 10.0 Å². The molecule has 0 aromatic carbocycles. The Balaban J connectivity index is 1.73. The Morgan fingerprint density at radius 2 is 2.17 bits per heavy atom. The molecular formula is C15H22N2O4S2. The van der Waals surface area contributed by atoms with Gasteiger partial charge in [0.1, 0.15) is 4.21 Å². The number of ether oxygens (including phenoxy) is 1. The van der Waals surface area contributed by atoms with Gasteiger partial charge in [0, 0.05) is 31.0 Å². The quantitative estimate of drug-likeness (QED) is 0.803. The molecule has 0 bridgehead atoms. The van der Waals surface area contributed by atoms with Crippen molar-refractivity contribution in [1.29, 1.82) is 0 Å². The number of carbonyl (C=O) groups is 1. The van der Waals surface area contributed by atoms with Crippen molar-refractivity contribution in [1.82, 2.24) is 9.62 Å². The van der Waals surface area contributed by atoms with E-state index in [0.29, 0.717) is 29.8 Å². The van der Waals surface area contributed by atoms with Crippen LogP contribution < -0.4 is 5.32 Å². The van der Waals surface area contributed by atoms with E-state index in [9.17, 15) is 13.2 Å². The second-order valence-corrected chi connectivity index (χ2v) is 9.45. The first-order valence-corrected chi connectivity index (χ1v) is 10.1. The first-order chi connectivity index (χ1) is 11.0. The lowest BCUT2D eigenvalue weighted by molar-refractivity contribution is -0.119. The first kappa shape index (κ1) is 16.9. The van der Waals surface area contributed by atoms with E-state index in [2.05, 4.69) is 5.32 Å². The average molecular weight is 358 g/mol. The lowest BCUT2D eigenvalue weighted by atomic mass is 10.1. The summed E-state index contributed by atoms with van der Waals surface area (Å²) in [6.07, 6.45) is 2.81. The third kappa shape index (κ3) is 4.12. The second-order valence-electron chi connectivity index (χ2n) is 6.17. The molecule has 0 spiro atoms. The van der Waals surface area contributed by atoms with Crippen LogP contribution in [0.4, 0.5) is 0 Å². The molecule has 8 heteroatoms. The fraction of sp³-hybridized carbons (Fsp3) is 0.667. The summed E-state index contributed by atoms with van der Waals surface area (Å²) < 4.78 is 33.3. The van der Waals surface area contributed by atoms with Gasteiger partial charge in [0.05, 0.1) is 13.2 Å². The minimum atomic E-state index is -3.46. The molecule has 2 aliphatic rings. The molecule has 23 heavy (non-hydrogen) atoms. The van der Waals surface area contributed by atoms with Crippen molar-refractivity contribution in [2.75, 3.05) is 19.8 Å². The van der Waals surface area contributed by atoms with Crippen molar-refractivity contribution in [2.24, 2.45) is 5.92 Å². The Labute approximate surface area is 140 Å². The molecule has 2 fully saturated rings. The van der Waals surface area contributed by atoms with Crippen molar-refractivity contribution in [3.8, 4) is 0 Å². The number of rotatable bonds is 7. The van der Waals surface area contributed by atoms with Crippen molar-refractivity contribution in [2.45, 2.75) is 43.0 Å². The fourth-order valence-corrected chi connectivity index (χ4v) is 5.89. The van der Waals surface area contributed by atoms with E-state index >= 15 is 0 Å². The molecule has 1 aliphatic heterocycles. The smallest absolute Gasteiger partial charge is 0.252 e. The van der Waals surface area contributed by atoms with E-state index in [4.69, 9.17) is 4.74 Å². The average Bonchev–Trinajstić information content (AvgIpc) is 3.02. The number of amides is 1. The van der Waals surface area contributed by atoms with E-state index in [-0.39, 0.29) is 11.9 Å². The monoisotopic (exact) mass is 358 g/mol. The molecule has 1 aliphatic carbocycles. The van der Waals surface area contributed by atoms with Crippen molar-refractivity contribution < 1.29 is 17.9 Å². The van der Waals surface area contributed by atoms with E-state index in [1.807, 2.05) is 0 Å². The lowest BCUT2D eigenvalue weighted by Gasteiger charge is -2.23. The highest BCUT2D eigenvalue weighted by Gasteiger charge is 2.40. The van der Waals surface area contributed by atoms with Gasteiger partial charge in [-0.3, -0.25) is 4.79 Å². The van der Waals surface area contributed by atoms with Gasteiger partial charge < -0.3 is 10.1 Å². The number of hydrogen-bond acceptors (Lipinski definition) is 5. The standard InChI is InChI=1S/C15H22N2O4S2/c1-11(18)16-8-14-4-5-15(22-14)23(19,20)17(13-2-3-13)9-12-6-7-21-10-12/h4-5,12-13H,2-3,6-10H2,1H3,(H,16,18)/t12-/m0/s1. The largest absolute Gasteiger partial charge is 0.381 e. The van der Waals surface area contributed by atoms with E-state index in [1.165, 1.54) is 18.3 Å². The van der Waals surface area contributed by atoms with Gasteiger partial charge in [0.15, 0.2) is 0 Å². The summed E-state index contributed by atoms with van der Waals surface area (Å²) >= 11 is 1.24. The topological polar surface area (TPSA) is 75.7 Å². The van der Waals surface area contributed by atoms with Crippen LogP contribution in [0, 0.1) is 5.92 Å². The van der Waals surface area contributed by atoms with Crippen LogP contribution in [0.3, 0.4) is 0 Å². The van der Waals surface area contributed by atoms with Gasteiger partial charge in [-0.1, -0.05) is 0 Å². The van der Waals surface area contributed by atoms with Gasteiger partial charge in [0.2, 0.25) is 5.91 Å². The van der Waals surface area contributed by atoms with Gasteiger partial charge >= 0.3 is 0 Å². The summed E-state index contributed by atoms with van der Waals surface area (Å²) in [6.45, 7) is 3.74. The molecule has 1 amide bonds. The van der Waals surface area contributed by atoms with Crippen molar-refractivity contribution >= 4 is 27.3 Å². The molecule has 0 radical (unpaired) electrons. The Bertz CT molecular complexity index is 661. The SMILES string of the molecule is CC(=O)NCc1ccc(S(=O)(=O)N(C[C@@H]2CCOC2)C2CC2)s1. The minimum Gasteiger partial charge on any atom is -0.381 e. The molecule has 3 rings (SSSR count). The van der Waals surface area contributed by atoms with Crippen LogP contribution in [0.5, 0.6) is 0 Å². The van der Waals surface area contributed by atoms with Crippen LogP contribution in [0.2, 0.25) is 0 Å². The highest BCUT2D eigenvalue weighted by atomic mass is 32.2. The normalized spacial score (nSPS) is 21.7. The molecule has 128 valence electrons. The highest BCUT2D eigenvalue weighted by Crippen LogP contribution is 2.35. The van der Waals surface area contributed by atoms with Crippen molar-refractivity contribution in [3.63, 3.8) is 0 Å². The molecule has 6 nitrogen and oxygen atoms in total. The Morgan fingerprint density at radius 1 is 1.39 bits per heavy atom. The molecule has 0 unspecified atom stereocenters. The van der Waals surface area contributed by atoms with E-state index in [1.54, 1.807) is 16.4 Å². The minimum absolute atomic E-state index is 0.122. The van der Waals surface area contributed by atoms with Crippen LogP contribution >= 0.6 is 11.3 Å². The lowest BCUT2D eigenvalue weighted by Crippen LogP contribution is -2.37. The van der Waals surface area contributed by atoms with E-state index < -0.39 is 10.0 Å². The summed E-state index contributed by atoms with van der Waals surface area (Å²) in [5.41, 5.74) is 0. The maximum absolute atomic E-state index is 13.0. The molecule has 1 aromatic rings. The number of thiophene rings is 1. The summed E-state index contributed by atoms with van der Waals surface area (Å²) in [7, 11) is -3.46. The van der Waals surface area contributed by atoms with Gasteiger partial charge in [-0.05, 0) is 37.3 Å². The van der Waals surface area contributed by atoms with Crippen LogP contribution in [0.15, 0.2) is 16.3 Å². The third-order valence-electron chi connectivity index (χ3n) is 4.13.